The number of fused-ring (bicyclic) bond motifs is 1. The molecule has 17 heavy (non-hydrogen) atoms. The molecule has 88 valence electrons. The molecule has 0 unspecified atom stereocenters. The molecule has 0 saturated carbocycles. The van der Waals surface area contributed by atoms with E-state index in [1.54, 1.807) is 4.40 Å². The molecule has 0 spiro atoms. The van der Waals surface area contributed by atoms with Crippen molar-refractivity contribution < 1.29 is 19.8 Å². The summed E-state index contributed by atoms with van der Waals surface area (Å²) in [7, 11) is 0. The topological polar surface area (TPSA) is 91.9 Å². The second-order valence-corrected chi connectivity index (χ2v) is 3.51. The van der Waals surface area contributed by atoms with Crippen LogP contribution >= 0.6 is 0 Å². The smallest absolute Gasteiger partial charge is 0.356 e. The van der Waals surface area contributed by atoms with Crippen molar-refractivity contribution in [2.24, 2.45) is 0 Å². The Hall–Kier alpha value is -2.37. The molecule has 6 nitrogen and oxygen atoms in total. The highest BCUT2D eigenvalue weighted by molar-refractivity contribution is 5.96. The van der Waals surface area contributed by atoms with Crippen LogP contribution in [-0.4, -0.2) is 31.5 Å². The van der Waals surface area contributed by atoms with Gasteiger partial charge in [0.05, 0.1) is 11.1 Å². The highest BCUT2D eigenvalue weighted by Crippen LogP contribution is 2.16. The normalized spacial score (nSPS) is 10.6. The van der Waals surface area contributed by atoms with E-state index in [-0.39, 0.29) is 11.3 Å². The van der Waals surface area contributed by atoms with Gasteiger partial charge in [0, 0.05) is 12.6 Å². The molecular formula is C11H10N2O4. The number of carbonyl (C=O) groups is 2. The molecule has 2 aromatic heterocycles. The zero-order valence-electron chi connectivity index (χ0n) is 9.04. The number of carboxylic acids is 2. The van der Waals surface area contributed by atoms with Crippen molar-refractivity contribution in [2.75, 3.05) is 0 Å². The fourth-order valence-corrected chi connectivity index (χ4v) is 1.69. The SMILES string of the molecule is CCc1nc(C(=O)O)c2cc(C(=O)O)ccn12. The molecule has 0 aromatic carbocycles. The van der Waals surface area contributed by atoms with E-state index in [1.807, 2.05) is 6.92 Å². The Morgan fingerprint density at radius 3 is 2.59 bits per heavy atom. The van der Waals surface area contributed by atoms with E-state index in [0.29, 0.717) is 17.8 Å². The Balaban J connectivity index is 2.78. The van der Waals surface area contributed by atoms with Crippen LogP contribution in [-0.2, 0) is 6.42 Å². The van der Waals surface area contributed by atoms with Crippen molar-refractivity contribution >= 4 is 17.5 Å². The Morgan fingerprint density at radius 2 is 2.06 bits per heavy atom. The molecule has 0 saturated heterocycles. The zero-order chi connectivity index (χ0) is 12.6. The van der Waals surface area contributed by atoms with Crippen LogP contribution in [0.25, 0.3) is 5.52 Å². The zero-order valence-corrected chi connectivity index (χ0v) is 9.04. The fraction of sp³-hybridized carbons (Fsp3) is 0.182. The minimum Gasteiger partial charge on any atom is -0.478 e. The Labute approximate surface area is 96.1 Å². The number of hydrogen-bond donors (Lipinski definition) is 2. The average molecular weight is 234 g/mol. The first-order valence-electron chi connectivity index (χ1n) is 5.02. The van der Waals surface area contributed by atoms with Crippen molar-refractivity contribution in [2.45, 2.75) is 13.3 Å². The third kappa shape index (κ3) is 1.73. The van der Waals surface area contributed by atoms with Gasteiger partial charge < -0.3 is 14.6 Å². The highest BCUT2D eigenvalue weighted by Gasteiger charge is 2.17. The summed E-state index contributed by atoms with van der Waals surface area (Å²) < 4.78 is 1.59. The third-order valence-electron chi connectivity index (χ3n) is 2.48. The van der Waals surface area contributed by atoms with Gasteiger partial charge in [-0.15, -0.1) is 0 Å². The van der Waals surface area contributed by atoms with Gasteiger partial charge in [-0.25, -0.2) is 14.6 Å². The molecule has 2 rings (SSSR count). The summed E-state index contributed by atoms with van der Waals surface area (Å²) in [5.74, 6) is -1.66. The van der Waals surface area contributed by atoms with Crippen molar-refractivity contribution in [3.63, 3.8) is 0 Å². The monoisotopic (exact) mass is 234 g/mol. The van der Waals surface area contributed by atoms with Gasteiger partial charge in [-0.3, -0.25) is 0 Å². The van der Waals surface area contributed by atoms with E-state index < -0.39 is 11.9 Å². The second kappa shape index (κ2) is 3.89. The predicted molar refractivity (Wildman–Crippen MR) is 58.5 cm³/mol. The molecule has 0 fully saturated rings. The molecule has 2 heterocycles. The Bertz CT molecular complexity index is 615. The minimum absolute atomic E-state index is 0.0440. The summed E-state index contributed by atoms with van der Waals surface area (Å²) in [5.41, 5.74) is 0.224. The summed E-state index contributed by atoms with van der Waals surface area (Å²) in [6, 6.07) is 2.74. The summed E-state index contributed by atoms with van der Waals surface area (Å²) in [6.07, 6.45) is 2.10. The molecule has 2 aromatic rings. The predicted octanol–water partition coefficient (Wildman–Crippen LogP) is 1.29. The first-order valence-corrected chi connectivity index (χ1v) is 5.02. The lowest BCUT2D eigenvalue weighted by Crippen LogP contribution is -2.00. The fourth-order valence-electron chi connectivity index (χ4n) is 1.69. The molecule has 6 heteroatoms. The van der Waals surface area contributed by atoms with Crippen LogP contribution in [0.1, 0.15) is 33.6 Å². The molecule has 0 aliphatic rings. The van der Waals surface area contributed by atoms with Crippen molar-refractivity contribution in [3.8, 4) is 0 Å². The molecule has 0 aliphatic heterocycles. The van der Waals surface area contributed by atoms with E-state index >= 15 is 0 Å². The molecular weight excluding hydrogens is 224 g/mol. The molecule has 0 atom stereocenters. The standard InChI is InChI=1S/C11H10N2O4/c1-2-8-12-9(11(16)17)7-5-6(10(14)15)3-4-13(7)8/h3-5H,2H2,1H3,(H,14,15)(H,16,17). The Kier molecular flexibility index (Phi) is 2.55. The van der Waals surface area contributed by atoms with Gasteiger partial charge in [0.1, 0.15) is 5.82 Å². The van der Waals surface area contributed by atoms with E-state index in [2.05, 4.69) is 4.98 Å². The van der Waals surface area contributed by atoms with Gasteiger partial charge in [0.25, 0.3) is 0 Å². The van der Waals surface area contributed by atoms with Crippen LogP contribution in [0, 0.1) is 0 Å². The van der Waals surface area contributed by atoms with Gasteiger partial charge in [-0.2, -0.15) is 0 Å². The van der Waals surface area contributed by atoms with E-state index in [0.717, 1.165) is 0 Å². The van der Waals surface area contributed by atoms with Crippen molar-refractivity contribution in [3.05, 3.63) is 35.4 Å². The quantitative estimate of drug-likeness (QED) is 0.834. The van der Waals surface area contributed by atoms with E-state index in [4.69, 9.17) is 10.2 Å². The first-order chi connectivity index (χ1) is 8.04. The van der Waals surface area contributed by atoms with Gasteiger partial charge in [0.2, 0.25) is 0 Å². The van der Waals surface area contributed by atoms with Crippen LogP contribution in [0.3, 0.4) is 0 Å². The van der Waals surface area contributed by atoms with Crippen LogP contribution in [0.2, 0.25) is 0 Å². The summed E-state index contributed by atoms with van der Waals surface area (Å²) in [4.78, 5) is 25.8. The van der Waals surface area contributed by atoms with Crippen molar-refractivity contribution in [1.29, 1.82) is 0 Å². The third-order valence-corrected chi connectivity index (χ3v) is 2.48. The lowest BCUT2D eigenvalue weighted by molar-refractivity contribution is 0.0682. The average Bonchev–Trinajstić information content (AvgIpc) is 2.66. The number of aromatic carboxylic acids is 2. The minimum atomic E-state index is -1.16. The van der Waals surface area contributed by atoms with Crippen LogP contribution in [0.5, 0.6) is 0 Å². The van der Waals surface area contributed by atoms with Gasteiger partial charge in [-0.05, 0) is 12.1 Å². The number of hydrogen-bond acceptors (Lipinski definition) is 3. The summed E-state index contributed by atoms with van der Waals surface area (Å²) in [5, 5.41) is 17.9. The number of nitrogens with zero attached hydrogens (tertiary/aromatic N) is 2. The maximum atomic E-state index is 11.0. The number of aromatic nitrogens is 2. The maximum absolute atomic E-state index is 11.0. The molecule has 0 aliphatic carbocycles. The van der Waals surface area contributed by atoms with Crippen LogP contribution in [0.15, 0.2) is 18.3 Å². The number of imidazole rings is 1. The number of carboxylic acid groups (broad SMARTS) is 2. The largest absolute Gasteiger partial charge is 0.478 e. The lowest BCUT2D eigenvalue weighted by Gasteiger charge is -1.99. The van der Waals surface area contributed by atoms with Crippen molar-refractivity contribution in [1.82, 2.24) is 9.38 Å². The molecule has 0 bridgehead atoms. The molecule has 0 amide bonds. The Morgan fingerprint density at radius 1 is 1.35 bits per heavy atom. The van der Waals surface area contributed by atoms with Gasteiger partial charge in [0.15, 0.2) is 5.69 Å². The maximum Gasteiger partial charge on any atom is 0.356 e. The van der Waals surface area contributed by atoms with Crippen LogP contribution in [0.4, 0.5) is 0 Å². The first kappa shape index (κ1) is 11.1. The molecule has 0 radical (unpaired) electrons. The van der Waals surface area contributed by atoms with Gasteiger partial charge >= 0.3 is 11.9 Å². The van der Waals surface area contributed by atoms with Gasteiger partial charge in [-0.1, -0.05) is 6.92 Å². The number of rotatable bonds is 3. The summed E-state index contributed by atoms with van der Waals surface area (Å²) in [6.45, 7) is 1.85. The number of pyridine rings is 1. The number of aryl methyl sites for hydroxylation is 1. The highest BCUT2D eigenvalue weighted by atomic mass is 16.4. The lowest BCUT2D eigenvalue weighted by atomic mass is 10.2. The van der Waals surface area contributed by atoms with E-state index in [9.17, 15) is 9.59 Å². The molecule has 2 N–H and O–H groups in total. The van der Waals surface area contributed by atoms with Crippen LogP contribution < -0.4 is 0 Å². The second-order valence-electron chi connectivity index (χ2n) is 3.51. The van der Waals surface area contributed by atoms with E-state index in [1.165, 1.54) is 18.3 Å². The summed E-state index contributed by atoms with van der Waals surface area (Å²) >= 11 is 0.